The molecular formula is C10H18N2O3. The predicted octanol–water partition coefficient (Wildman–Crippen LogP) is -0.667. The molecule has 2 aliphatic heterocycles. The summed E-state index contributed by atoms with van der Waals surface area (Å²) < 4.78 is 5.12. The molecule has 0 aromatic rings. The average molecular weight is 214 g/mol. The van der Waals surface area contributed by atoms with E-state index in [1.807, 2.05) is 11.9 Å². The second-order valence-electron chi connectivity index (χ2n) is 4.50. The second-order valence-corrected chi connectivity index (χ2v) is 4.50. The van der Waals surface area contributed by atoms with Gasteiger partial charge in [-0.2, -0.15) is 0 Å². The molecule has 0 spiro atoms. The fourth-order valence-corrected chi connectivity index (χ4v) is 2.12. The standard InChI is InChI=1S/C10H18N2O3/c1-11-2-3-12(4-8-6-15-7-8)5-9(11)10(13)14/h8-9H,2-7H2,1H3,(H,13,14). The molecule has 5 heteroatoms. The third-order valence-corrected chi connectivity index (χ3v) is 3.24. The van der Waals surface area contributed by atoms with Crippen molar-refractivity contribution >= 4 is 5.97 Å². The molecule has 0 bridgehead atoms. The Hall–Kier alpha value is -0.650. The first-order valence-electron chi connectivity index (χ1n) is 5.40. The molecule has 2 aliphatic rings. The highest BCUT2D eigenvalue weighted by Gasteiger charge is 2.31. The molecule has 0 aromatic carbocycles. The average Bonchev–Trinajstić information content (AvgIpc) is 2.13. The van der Waals surface area contributed by atoms with Crippen LogP contribution in [0.2, 0.25) is 0 Å². The lowest BCUT2D eigenvalue weighted by molar-refractivity contribution is -0.145. The number of carboxylic acid groups (broad SMARTS) is 1. The normalized spacial score (nSPS) is 30.1. The Labute approximate surface area is 89.6 Å². The van der Waals surface area contributed by atoms with Crippen molar-refractivity contribution in [2.45, 2.75) is 6.04 Å². The van der Waals surface area contributed by atoms with Crippen molar-refractivity contribution in [3.63, 3.8) is 0 Å². The molecule has 1 N–H and O–H groups in total. The van der Waals surface area contributed by atoms with Crippen molar-refractivity contribution in [3.05, 3.63) is 0 Å². The Morgan fingerprint density at radius 2 is 2.20 bits per heavy atom. The number of hydrogen-bond acceptors (Lipinski definition) is 4. The van der Waals surface area contributed by atoms with Crippen LogP contribution in [0.15, 0.2) is 0 Å². The van der Waals surface area contributed by atoms with Gasteiger partial charge in [0.1, 0.15) is 6.04 Å². The summed E-state index contributed by atoms with van der Waals surface area (Å²) in [6.45, 7) is 5.11. The first-order chi connectivity index (χ1) is 7.16. The number of hydrogen-bond donors (Lipinski definition) is 1. The van der Waals surface area contributed by atoms with E-state index in [9.17, 15) is 4.79 Å². The summed E-state index contributed by atoms with van der Waals surface area (Å²) in [5.41, 5.74) is 0. The van der Waals surface area contributed by atoms with E-state index in [0.717, 1.165) is 32.8 Å². The first kappa shape index (κ1) is 10.9. The number of piperazine rings is 1. The van der Waals surface area contributed by atoms with Gasteiger partial charge < -0.3 is 9.84 Å². The van der Waals surface area contributed by atoms with Crippen molar-refractivity contribution in [1.82, 2.24) is 9.80 Å². The Morgan fingerprint density at radius 1 is 1.47 bits per heavy atom. The molecule has 86 valence electrons. The highest BCUT2D eigenvalue weighted by Crippen LogP contribution is 2.15. The molecule has 2 heterocycles. The van der Waals surface area contributed by atoms with Crippen LogP contribution >= 0.6 is 0 Å². The summed E-state index contributed by atoms with van der Waals surface area (Å²) in [6, 6.07) is -0.347. The van der Waals surface area contributed by atoms with Gasteiger partial charge in [0, 0.05) is 32.1 Å². The molecule has 2 rings (SSSR count). The Balaban J connectivity index is 1.84. The molecule has 0 amide bonds. The van der Waals surface area contributed by atoms with Crippen LogP contribution < -0.4 is 0 Å². The van der Waals surface area contributed by atoms with E-state index in [4.69, 9.17) is 9.84 Å². The van der Waals surface area contributed by atoms with Crippen LogP contribution in [0.1, 0.15) is 0 Å². The third-order valence-electron chi connectivity index (χ3n) is 3.24. The van der Waals surface area contributed by atoms with Gasteiger partial charge in [-0.25, -0.2) is 0 Å². The predicted molar refractivity (Wildman–Crippen MR) is 54.8 cm³/mol. The largest absolute Gasteiger partial charge is 0.480 e. The van der Waals surface area contributed by atoms with Crippen LogP contribution in [0, 0.1) is 5.92 Å². The van der Waals surface area contributed by atoms with Crippen LogP contribution in [0.5, 0.6) is 0 Å². The number of ether oxygens (including phenoxy) is 1. The van der Waals surface area contributed by atoms with Gasteiger partial charge in [0.2, 0.25) is 0 Å². The second kappa shape index (κ2) is 4.47. The summed E-state index contributed by atoms with van der Waals surface area (Å²) in [4.78, 5) is 15.1. The number of carbonyl (C=O) groups is 1. The summed E-state index contributed by atoms with van der Waals surface area (Å²) in [7, 11) is 1.88. The molecule has 15 heavy (non-hydrogen) atoms. The molecule has 5 nitrogen and oxygen atoms in total. The zero-order chi connectivity index (χ0) is 10.8. The monoisotopic (exact) mass is 214 g/mol. The Morgan fingerprint density at radius 3 is 2.73 bits per heavy atom. The molecule has 0 aliphatic carbocycles. The lowest BCUT2D eigenvalue weighted by Gasteiger charge is -2.40. The van der Waals surface area contributed by atoms with Gasteiger partial charge in [0.25, 0.3) is 0 Å². The van der Waals surface area contributed by atoms with Gasteiger partial charge in [-0.3, -0.25) is 14.6 Å². The van der Waals surface area contributed by atoms with Crippen molar-refractivity contribution in [2.24, 2.45) is 5.92 Å². The van der Waals surface area contributed by atoms with Crippen LogP contribution in [-0.4, -0.2) is 73.4 Å². The highest BCUT2D eigenvalue weighted by atomic mass is 16.5. The van der Waals surface area contributed by atoms with Gasteiger partial charge in [-0.15, -0.1) is 0 Å². The van der Waals surface area contributed by atoms with Crippen LogP contribution in [0.4, 0.5) is 0 Å². The minimum Gasteiger partial charge on any atom is -0.480 e. The molecule has 1 unspecified atom stereocenters. The molecule has 0 radical (unpaired) electrons. The van der Waals surface area contributed by atoms with E-state index < -0.39 is 5.97 Å². The first-order valence-corrected chi connectivity index (χ1v) is 5.40. The smallest absolute Gasteiger partial charge is 0.322 e. The maximum absolute atomic E-state index is 11.0. The minimum absolute atomic E-state index is 0.347. The summed E-state index contributed by atoms with van der Waals surface area (Å²) in [5.74, 6) is -0.102. The fraction of sp³-hybridized carbons (Fsp3) is 0.900. The van der Waals surface area contributed by atoms with Crippen molar-refractivity contribution in [1.29, 1.82) is 0 Å². The molecular weight excluding hydrogens is 196 g/mol. The minimum atomic E-state index is -0.716. The third kappa shape index (κ3) is 2.48. The van der Waals surface area contributed by atoms with Crippen molar-refractivity contribution in [3.8, 4) is 0 Å². The zero-order valence-electron chi connectivity index (χ0n) is 9.06. The van der Waals surface area contributed by atoms with E-state index in [-0.39, 0.29) is 6.04 Å². The van der Waals surface area contributed by atoms with Gasteiger partial charge in [-0.1, -0.05) is 0 Å². The van der Waals surface area contributed by atoms with E-state index in [1.165, 1.54) is 0 Å². The maximum atomic E-state index is 11.0. The van der Waals surface area contributed by atoms with Gasteiger partial charge in [0.15, 0.2) is 0 Å². The molecule has 2 fully saturated rings. The van der Waals surface area contributed by atoms with Crippen molar-refractivity contribution < 1.29 is 14.6 Å². The van der Waals surface area contributed by atoms with Gasteiger partial charge in [-0.05, 0) is 7.05 Å². The van der Waals surface area contributed by atoms with Gasteiger partial charge in [0.05, 0.1) is 13.2 Å². The summed E-state index contributed by atoms with van der Waals surface area (Å²) >= 11 is 0. The molecule has 0 saturated carbocycles. The van der Waals surface area contributed by atoms with Gasteiger partial charge >= 0.3 is 5.97 Å². The van der Waals surface area contributed by atoms with E-state index in [1.54, 1.807) is 0 Å². The molecule has 1 atom stereocenters. The maximum Gasteiger partial charge on any atom is 0.322 e. The van der Waals surface area contributed by atoms with E-state index >= 15 is 0 Å². The topological polar surface area (TPSA) is 53.0 Å². The highest BCUT2D eigenvalue weighted by molar-refractivity contribution is 5.73. The SMILES string of the molecule is CN1CCN(CC2COC2)CC1C(=O)O. The number of carboxylic acids is 1. The lowest BCUT2D eigenvalue weighted by atomic mass is 10.1. The van der Waals surface area contributed by atoms with Crippen molar-refractivity contribution in [2.75, 3.05) is 46.4 Å². The quantitative estimate of drug-likeness (QED) is 0.675. The number of rotatable bonds is 3. The molecule has 2 saturated heterocycles. The van der Waals surface area contributed by atoms with Crippen LogP contribution in [-0.2, 0) is 9.53 Å². The fourth-order valence-electron chi connectivity index (χ4n) is 2.12. The number of nitrogens with zero attached hydrogens (tertiary/aromatic N) is 2. The Bertz CT molecular complexity index is 243. The van der Waals surface area contributed by atoms with E-state index in [0.29, 0.717) is 12.5 Å². The summed E-state index contributed by atoms with van der Waals surface area (Å²) in [5, 5.41) is 9.04. The zero-order valence-corrected chi connectivity index (χ0v) is 9.06. The Kier molecular flexibility index (Phi) is 3.23. The van der Waals surface area contributed by atoms with Crippen LogP contribution in [0.3, 0.4) is 0 Å². The number of aliphatic carboxylic acids is 1. The summed E-state index contributed by atoms with van der Waals surface area (Å²) in [6.07, 6.45) is 0. The lowest BCUT2D eigenvalue weighted by Crippen LogP contribution is -2.56. The molecule has 0 aromatic heterocycles. The number of likely N-dealkylation sites (N-methyl/N-ethyl adjacent to an activating group) is 1. The van der Waals surface area contributed by atoms with E-state index in [2.05, 4.69) is 4.90 Å². The van der Waals surface area contributed by atoms with Crippen LogP contribution in [0.25, 0.3) is 0 Å².